The quantitative estimate of drug-likeness (QED) is 0.325. The second kappa shape index (κ2) is 19.0. The van der Waals surface area contributed by atoms with Crippen LogP contribution in [0.3, 0.4) is 0 Å². The predicted molar refractivity (Wildman–Crippen MR) is 80.0 cm³/mol. The van der Waals surface area contributed by atoms with Gasteiger partial charge in [0.2, 0.25) is 0 Å². The zero-order valence-electron chi connectivity index (χ0n) is 12.4. The largest absolute Gasteiger partial charge is 0.412 e. The van der Waals surface area contributed by atoms with Crippen molar-refractivity contribution >= 4 is 6.29 Å². The van der Waals surface area contributed by atoms with Gasteiger partial charge in [-0.05, 0) is 6.42 Å². The van der Waals surface area contributed by atoms with Crippen molar-refractivity contribution in [3.8, 4) is 0 Å². The van der Waals surface area contributed by atoms with Crippen LogP contribution in [0, 0.1) is 0 Å². The van der Waals surface area contributed by atoms with Crippen LogP contribution in [-0.4, -0.2) is 11.8 Å². The van der Waals surface area contributed by atoms with E-state index in [0.717, 1.165) is 19.1 Å². The van der Waals surface area contributed by atoms with Gasteiger partial charge >= 0.3 is 0 Å². The minimum absolute atomic E-state index is 0. The molecule has 0 aliphatic heterocycles. The molecule has 0 aromatic heterocycles. The number of rotatable bonds is 14. The van der Waals surface area contributed by atoms with Gasteiger partial charge in [0.25, 0.3) is 0 Å². The molecule has 2 nitrogen and oxygen atoms in total. The number of carbonyl (C=O) groups excluding carboxylic acids is 1. The fourth-order valence-electron chi connectivity index (χ4n) is 2.25. The fourth-order valence-corrected chi connectivity index (χ4v) is 2.25. The Morgan fingerprint density at radius 3 is 1.28 bits per heavy atom. The molecule has 0 aliphatic rings. The summed E-state index contributed by atoms with van der Waals surface area (Å²) < 4.78 is 0. The van der Waals surface area contributed by atoms with Gasteiger partial charge < -0.3 is 10.3 Å². The topological polar surface area (TPSA) is 48.6 Å². The van der Waals surface area contributed by atoms with Crippen molar-refractivity contribution in [2.24, 2.45) is 0 Å². The molecule has 0 amide bonds. The van der Waals surface area contributed by atoms with E-state index < -0.39 is 0 Å². The standard InChI is InChI=1S/C16H32O.H2O/c1-2-3-4-5-6-7-8-9-10-11-12-13-14-15-16-17;/h16H,2-15H2,1H3;1H2. The summed E-state index contributed by atoms with van der Waals surface area (Å²) in [4.78, 5) is 10.1. The van der Waals surface area contributed by atoms with Crippen LogP contribution in [0.1, 0.15) is 96.8 Å². The third kappa shape index (κ3) is 18.0. The monoisotopic (exact) mass is 258 g/mol. The van der Waals surface area contributed by atoms with Gasteiger partial charge in [0.1, 0.15) is 6.29 Å². The van der Waals surface area contributed by atoms with E-state index >= 15 is 0 Å². The molecular formula is C16H34O2. The van der Waals surface area contributed by atoms with E-state index in [9.17, 15) is 4.79 Å². The van der Waals surface area contributed by atoms with Crippen molar-refractivity contribution in [3.05, 3.63) is 0 Å². The second-order valence-corrected chi connectivity index (χ2v) is 5.20. The number of aldehydes is 1. The van der Waals surface area contributed by atoms with E-state index in [0.29, 0.717) is 0 Å². The van der Waals surface area contributed by atoms with Crippen LogP contribution in [0.4, 0.5) is 0 Å². The summed E-state index contributed by atoms with van der Waals surface area (Å²) >= 11 is 0. The first-order valence-corrected chi connectivity index (χ1v) is 7.85. The molecule has 0 heterocycles. The third-order valence-corrected chi connectivity index (χ3v) is 3.43. The Balaban J connectivity index is 0. The molecule has 0 aromatic rings. The highest BCUT2D eigenvalue weighted by molar-refractivity contribution is 5.48. The van der Waals surface area contributed by atoms with Crippen molar-refractivity contribution in [2.45, 2.75) is 96.8 Å². The van der Waals surface area contributed by atoms with E-state index in [2.05, 4.69) is 6.92 Å². The highest BCUT2D eigenvalue weighted by Gasteiger charge is 1.93. The summed E-state index contributed by atoms with van der Waals surface area (Å²) in [6.45, 7) is 2.27. The molecule has 0 rings (SSSR count). The van der Waals surface area contributed by atoms with Crippen molar-refractivity contribution in [1.29, 1.82) is 0 Å². The molecular weight excluding hydrogens is 224 g/mol. The number of unbranched alkanes of at least 4 members (excludes halogenated alkanes) is 13. The lowest BCUT2D eigenvalue weighted by Gasteiger charge is -2.02. The molecule has 0 fully saturated rings. The maximum absolute atomic E-state index is 10.1. The van der Waals surface area contributed by atoms with Crippen LogP contribution < -0.4 is 0 Å². The van der Waals surface area contributed by atoms with Crippen LogP contribution in [0.25, 0.3) is 0 Å². The Bertz CT molecular complexity index is 146. The molecule has 0 saturated heterocycles. The molecule has 110 valence electrons. The van der Waals surface area contributed by atoms with E-state index in [4.69, 9.17) is 0 Å². The lowest BCUT2D eigenvalue weighted by atomic mass is 10.0. The van der Waals surface area contributed by atoms with E-state index in [1.807, 2.05) is 0 Å². The minimum atomic E-state index is 0. The first-order chi connectivity index (χ1) is 8.41. The molecule has 0 saturated carbocycles. The molecule has 18 heavy (non-hydrogen) atoms. The summed E-state index contributed by atoms with van der Waals surface area (Å²) in [6.07, 6.45) is 19.6. The van der Waals surface area contributed by atoms with Gasteiger partial charge in [-0.1, -0.05) is 84.0 Å². The molecule has 0 unspecified atom stereocenters. The third-order valence-electron chi connectivity index (χ3n) is 3.43. The van der Waals surface area contributed by atoms with Gasteiger partial charge in [-0.15, -0.1) is 0 Å². The van der Waals surface area contributed by atoms with Gasteiger partial charge in [-0.3, -0.25) is 0 Å². The molecule has 0 spiro atoms. The van der Waals surface area contributed by atoms with E-state index in [1.54, 1.807) is 0 Å². The molecule has 0 radical (unpaired) electrons. The summed E-state index contributed by atoms with van der Waals surface area (Å²) in [5.41, 5.74) is 0. The maximum atomic E-state index is 10.1. The van der Waals surface area contributed by atoms with Crippen molar-refractivity contribution in [1.82, 2.24) is 0 Å². The molecule has 2 heteroatoms. The van der Waals surface area contributed by atoms with Gasteiger partial charge in [-0.2, -0.15) is 0 Å². The van der Waals surface area contributed by atoms with Gasteiger partial charge in [-0.25, -0.2) is 0 Å². The van der Waals surface area contributed by atoms with Crippen LogP contribution in [0.15, 0.2) is 0 Å². The first-order valence-electron chi connectivity index (χ1n) is 7.85. The Morgan fingerprint density at radius 2 is 0.944 bits per heavy atom. The molecule has 0 atom stereocenters. The summed E-state index contributed by atoms with van der Waals surface area (Å²) in [5, 5.41) is 0. The highest BCUT2D eigenvalue weighted by atomic mass is 16.1. The number of hydrogen-bond acceptors (Lipinski definition) is 1. The highest BCUT2D eigenvalue weighted by Crippen LogP contribution is 2.12. The number of carbonyl (C=O) groups is 1. The average Bonchev–Trinajstić information content (AvgIpc) is 2.35. The first kappa shape index (κ1) is 20.0. The fraction of sp³-hybridized carbons (Fsp3) is 0.938. The Morgan fingerprint density at radius 1 is 0.611 bits per heavy atom. The zero-order valence-corrected chi connectivity index (χ0v) is 12.4. The summed E-state index contributed by atoms with van der Waals surface area (Å²) in [5.74, 6) is 0. The lowest BCUT2D eigenvalue weighted by molar-refractivity contribution is -0.107. The predicted octanol–water partition coefficient (Wildman–Crippen LogP) is 4.84. The summed E-state index contributed by atoms with van der Waals surface area (Å²) in [6, 6.07) is 0. The average molecular weight is 258 g/mol. The Labute approximate surface area is 114 Å². The van der Waals surface area contributed by atoms with E-state index in [1.165, 1.54) is 77.0 Å². The van der Waals surface area contributed by atoms with Gasteiger partial charge in [0.15, 0.2) is 0 Å². The number of hydrogen-bond donors (Lipinski definition) is 0. The second-order valence-electron chi connectivity index (χ2n) is 5.20. The van der Waals surface area contributed by atoms with Gasteiger partial charge in [0, 0.05) is 6.42 Å². The Hall–Kier alpha value is -0.370. The van der Waals surface area contributed by atoms with Gasteiger partial charge in [0.05, 0.1) is 0 Å². The normalized spacial score (nSPS) is 10.1. The smallest absolute Gasteiger partial charge is 0.119 e. The molecule has 0 aliphatic carbocycles. The minimum Gasteiger partial charge on any atom is -0.412 e. The van der Waals surface area contributed by atoms with Crippen LogP contribution in [0.5, 0.6) is 0 Å². The van der Waals surface area contributed by atoms with Crippen molar-refractivity contribution < 1.29 is 10.3 Å². The lowest BCUT2D eigenvalue weighted by Crippen LogP contribution is -1.83. The van der Waals surface area contributed by atoms with Crippen LogP contribution >= 0.6 is 0 Å². The van der Waals surface area contributed by atoms with Crippen LogP contribution in [0.2, 0.25) is 0 Å². The van der Waals surface area contributed by atoms with Crippen LogP contribution in [-0.2, 0) is 4.79 Å². The van der Waals surface area contributed by atoms with Crippen molar-refractivity contribution in [3.63, 3.8) is 0 Å². The van der Waals surface area contributed by atoms with Crippen molar-refractivity contribution in [2.75, 3.05) is 0 Å². The zero-order chi connectivity index (χ0) is 12.6. The Kier molecular flexibility index (Phi) is 21.0. The SMILES string of the molecule is CCCCCCCCCCCCCCCC=O.O. The molecule has 2 N–H and O–H groups in total. The molecule has 0 aromatic carbocycles. The molecule has 0 bridgehead atoms. The van der Waals surface area contributed by atoms with E-state index in [-0.39, 0.29) is 5.48 Å². The maximum Gasteiger partial charge on any atom is 0.119 e. The summed E-state index contributed by atoms with van der Waals surface area (Å²) in [7, 11) is 0.